The van der Waals surface area contributed by atoms with Crippen molar-refractivity contribution in [1.82, 2.24) is 0 Å². The average Bonchev–Trinajstić information content (AvgIpc) is 2.50. The number of rotatable bonds is 2. The maximum atomic E-state index is 12.5. The molecule has 0 fully saturated rings. The summed E-state index contributed by atoms with van der Waals surface area (Å²) < 4.78 is 14.0. The molecule has 0 aromatic heterocycles. The van der Waals surface area contributed by atoms with Crippen molar-refractivity contribution in [3.05, 3.63) is 58.7 Å². The van der Waals surface area contributed by atoms with Gasteiger partial charge >= 0.3 is 0 Å². The highest BCUT2D eigenvalue weighted by molar-refractivity contribution is 6.30. The van der Waals surface area contributed by atoms with Crippen molar-refractivity contribution in [3.8, 4) is 11.5 Å². The zero-order valence-corrected chi connectivity index (χ0v) is 9.10. The molecular weight excluding hydrogens is 232 g/mol. The summed E-state index contributed by atoms with van der Waals surface area (Å²) in [6.45, 7) is 0. The van der Waals surface area contributed by atoms with E-state index in [9.17, 15) is 9.59 Å². The zero-order valence-electron chi connectivity index (χ0n) is 11.1. The van der Waals surface area contributed by atoms with Gasteiger partial charge in [-0.15, -0.1) is 0 Å². The predicted molar refractivity (Wildman–Crippen MR) is 63.1 cm³/mol. The monoisotopic (exact) mass is 242 g/mol. The molecule has 4 heteroatoms. The third-order valence-corrected chi connectivity index (χ3v) is 3.00. The Balaban J connectivity index is 2.34. The third-order valence-electron chi connectivity index (χ3n) is 3.00. The molecule has 0 heterocycles. The molecule has 0 amide bonds. The van der Waals surface area contributed by atoms with Gasteiger partial charge < -0.3 is 10.2 Å². The molecule has 0 saturated carbocycles. The van der Waals surface area contributed by atoms with Crippen LogP contribution in [0.2, 0.25) is 0 Å². The van der Waals surface area contributed by atoms with E-state index in [1.165, 1.54) is 36.4 Å². The molecule has 1 aliphatic rings. The molecule has 0 radical (unpaired) electrons. The van der Waals surface area contributed by atoms with Gasteiger partial charge in [0.2, 0.25) is 0 Å². The second-order valence-corrected chi connectivity index (χ2v) is 4.02. The number of fused-ring (bicyclic) bond motifs is 2. The Morgan fingerprint density at radius 3 is 1.61 bits per heavy atom. The largest absolute Gasteiger partial charge is 0.507 e. The van der Waals surface area contributed by atoms with Crippen LogP contribution in [0.1, 0.15) is 31.8 Å². The van der Waals surface area contributed by atoms with Crippen LogP contribution in [-0.2, 0) is 0 Å². The van der Waals surface area contributed by atoms with Crippen LogP contribution < -0.4 is 0 Å². The maximum Gasteiger partial charge on any atom is 0.293 e. The highest BCUT2D eigenvalue weighted by Crippen LogP contribution is 2.35. The number of phenols is 2. The summed E-state index contributed by atoms with van der Waals surface area (Å²) in [6, 6.07) is 8.94. The van der Waals surface area contributed by atoms with Gasteiger partial charge in [-0.1, -0.05) is 24.3 Å². The number of hydrogen-bond acceptors (Lipinski definition) is 4. The minimum atomic E-state index is -0.420. The molecule has 18 heavy (non-hydrogen) atoms. The third kappa shape index (κ3) is 1.20. The van der Waals surface area contributed by atoms with E-state index in [1.54, 1.807) is 0 Å². The Kier molecular flexibility index (Phi) is 1.62. The highest BCUT2D eigenvalue weighted by atomic mass is 16.3. The molecule has 4 nitrogen and oxygen atoms in total. The van der Waals surface area contributed by atoms with Gasteiger partial charge in [-0.2, -0.15) is 0 Å². The molecule has 0 atom stereocenters. The second-order valence-electron chi connectivity index (χ2n) is 4.02. The van der Waals surface area contributed by atoms with Gasteiger partial charge in [-0.05, 0) is 12.1 Å². The number of aromatic hydroxyl groups is 2. The van der Waals surface area contributed by atoms with Gasteiger partial charge in [0, 0.05) is 11.1 Å². The summed E-state index contributed by atoms with van der Waals surface area (Å²) in [5.74, 6) is -0.778. The minimum absolute atomic E-state index is 0.0312. The number of carbonyl (C=O) groups excluding carboxylic acids is 2. The SMILES string of the molecule is [2H]Oc1cccc2c1C(=O)c1cccc(O[2H])c1C2=O. The zero-order chi connectivity index (χ0) is 14.3. The number of benzene rings is 2. The lowest BCUT2D eigenvalue weighted by atomic mass is 9.83. The first-order valence-electron chi connectivity index (χ1n) is 6.12. The van der Waals surface area contributed by atoms with E-state index in [1.807, 2.05) is 0 Å². The normalized spacial score (nSPS) is 14.2. The molecule has 0 saturated heterocycles. The first-order chi connectivity index (χ1) is 9.69. The van der Waals surface area contributed by atoms with Crippen molar-refractivity contribution in [2.45, 2.75) is 0 Å². The van der Waals surface area contributed by atoms with Crippen molar-refractivity contribution in [2.75, 3.05) is 0 Å². The molecule has 1 aliphatic carbocycles. The standard InChI is InChI=1S/C14H8O4/c15-9-5-1-3-7-11(9)14(18)8-4-2-6-10(16)12(8)13(7)17/h1-6,15-16H/i/hD2. The number of carbonyl (C=O) groups is 2. The van der Waals surface area contributed by atoms with Crippen LogP contribution in [0.15, 0.2) is 36.4 Å². The average molecular weight is 242 g/mol. The van der Waals surface area contributed by atoms with Crippen LogP contribution in [-0.4, -0.2) is 24.6 Å². The summed E-state index contributed by atoms with van der Waals surface area (Å²) in [5.41, 5.74) is 0.442. The van der Waals surface area contributed by atoms with E-state index in [2.05, 4.69) is 10.2 Å². The number of phenolic OH excluding ortho intramolecular Hbond substituents is 2. The Morgan fingerprint density at radius 1 is 0.778 bits per heavy atom. The van der Waals surface area contributed by atoms with Crippen molar-refractivity contribution in [3.63, 3.8) is 0 Å². The molecule has 3 rings (SSSR count). The first kappa shape index (κ1) is 8.47. The Labute approximate surface area is 105 Å². The molecule has 0 bridgehead atoms. The van der Waals surface area contributed by atoms with Crippen LogP contribution in [0.25, 0.3) is 0 Å². The summed E-state index contributed by atoms with van der Waals surface area (Å²) in [5, 5.41) is 8.82. The van der Waals surface area contributed by atoms with Crippen LogP contribution in [0, 0.1) is 0 Å². The van der Waals surface area contributed by atoms with Crippen molar-refractivity contribution < 1.29 is 19.8 Å². The van der Waals surface area contributed by atoms with Crippen LogP contribution in [0.4, 0.5) is 0 Å². The summed E-state index contributed by atoms with van der Waals surface area (Å²) in [6.07, 6.45) is 0. The molecule has 2 N–H and O–H groups in total. The molecule has 0 aliphatic heterocycles. The quantitative estimate of drug-likeness (QED) is 0.719. The smallest absolute Gasteiger partial charge is 0.293 e. The second kappa shape index (κ2) is 3.43. The fourth-order valence-corrected chi connectivity index (χ4v) is 2.18. The minimum Gasteiger partial charge on any atom is -0.507 e. The highest BCUT2D eigenvalue weighted by Gasteiger charge is 2.33. The fourth-order valence-electron chi connectivity index (χ4n) is 2.18. The van der Waals surface area contributed by atoms with Gasteiger partial charge in [-0.3, -0.25) is 9.59 Å². The van der Waals surface area contributed by atoms with Gasteiger partial charge in [0.05, 0.1) is 11.1 Å². The molecule has 88 valence electrons. The van der Waals surface area contributed by atoms with Crippen LogP contribution in [0.5, 0.6) is 11.5 Å². The van der Waals surface area contributed by atoms with Crippen LogP contribution in [0.3, 0.4) is 0 Å². The summed E-state index contributed by atoms with van der Waals surface area (Å²) in [4.78, 5) is 24.9. The van der Waals surface area contributed by atoms with Gasteiger partial charge in [0.1, 0.15) is 11.5 Å². The van der Waals surface area contributed by atoms with Gasteiger partial charge in [-0.25, -0.2) is 0 Å². The van der Waals surface area contributed by atoms with E-state index in [4.69, 9.17) is 2.86 Å². The van der Waals surface area contributed by atoms with Crippen LogP contribution >= 0.6 is 0 Å². The summed E-state index contributed by atoms with van der Waals surface area (Å²) in [7, 11) is 0. The molecule has 0 spiro atoms. The maximum absolute atomic E-state index is 12.5. The lowest BCUT2D eigenvalue weighted by molar-refractivity contribution is 0.0974. The number of hydrogen-bond donors (Lipinski definition) is 2. The van der Waals surface area contributed by atoms with E-state index in [0.29, 0.717) is 0 Å². The van der Waals surface area contributed by atoms with Crippen molar-refractivity contribution >= 4 is 11.6 Å². The lowest BCUT2D eigenvalue weighted by Gasteiger charge is -2.18. The van der Waals surface area contributed by atoms with Crippen molar-refractivity contribution in [1.29, 1.82) is 2.86 Å². The molecule has 2 aromatic rings. The Morgan fingerprint density at radius 2 is 1.22 bits per heavy atom. The molecular formula is C14H8O4. The molecule has 2 aromatic carbocycles. The van der Waals surface area contributed by atoms with E-state index in [0.717, 1.165) is 0 Å². The van der Waals surface area contributed by atoms with E-state index >= 15 is 0 Å². The number of ketones is 2. The first-order valence-corrected chi connectivity index (χ1v) is 5.30. The topological polar surface area (TPSA) is 74.6 Å². The van der Waals surface area contributed by atoms with Gasteiger partial charge in [0.25, 0.3) is 2.86 Å². The fraction of sp³-hybridized carbons (Fsp3) is 0. The Bertz CT molecular complexity index is 676. The predicted octanol–water partition coefficient (Wildman–Crippen LogP) is 1.87. The Hall–Kier alpha value is -2.62. The van der Waals surface area contributed by atoms with E-state index in [-0.39, 0.29) is 33.8 Å². The summed E-state index contributed by atoms with van der Waals surface area (Å²) >= 11 is 0. The van der Waals surface area contributed by atoms with E-state index < -0.39 is 11.6 Å². The van der Waals surface area contributed by atoms with Gasteiger partial charge in [0.15, 0.2) is 11.6 Å². The van der Waals surface area contributed by atoms with Crippen molar-refractivity contribution in [2.24, 2.45) is 0 Å². The molecule has 0 unspecified atom stereocenters. The lowest BCUT2D eigenvalue weighted by Crippen LogP contribution is -2.20.